The maximum Gasteiger partial charge on any atom is 0.254 e. The van der Waals surface area contributed by atoms with E-state index in [1.165, 1.54) is 19.3 Å². The Morgan fingerprint density at radius 1 is 1.29 bits per heavy atom. The standard InChI is InChI=1S/C17H24N2O2/c1-13-14(6-5-7-15(13)20)16(21)19-11-10-18-12-17(19)8-3-2-4-9-17/h5-7,18,20H,2-4,8-12H2,1H3. The Balaban J connectivity index is 1.92. The number of aromatic hydroxyl groups is 1. The number of benzene rings is 1. The van der Waals surface area contributed by atoms with Gasteiger partial charge < -0.3 is 15.3 Å². The molecule has 0 radical (unpaired) electrons. The summed E-state index contributed by atoms with van der Waals surface area (Å²) in [5, 5.41) is 13.3. The van der Waals surface area contributed by atoms with Gasteiger partial charge in [-0.2, -0.15) is 0 Å². The maximum absolute atomic E-state index is 13.0. The molecule has 2 fully saturated rings. The second-order valence-electron chi connectivity index (χ2n) is 6.37. The van der Waals surface area contributed by atoms with E-state index in [4.69, 9.17) is 0 Å². The number of hydrogen-bond donors (Lipinski definition) is 2. The van der Waals surface area contributed by atoms with Gasteiger partial charge in [-0.25, -0.2) is 0 Å². The van der Waals surface area contributed by atoms with E-state index in [0.29, 0.717) is 11.1 Å². The summed E-state index contributed by atoms with van der Waals surface area (Å²) in [4.78, 5) is 15.1. The van der Waals surface area contributed by atoms with Crippen molar-refractivity contribution in [3.05, 3.63) is 29.3 Å². The summed E-state index contributed by atoms with van der Waals surface area (Å²) in [6.07, 6.45) is 5.84. The Kier molecular flexibility index (Phi) is 3.89. The van der Waals surface area contributed by atoms with E-state index in [9.17, 15) is 9.90 Å². The number of phenols is 1. The van der Waals surface area contributed by atoms with Crippen LogP contribution in [-0.4, -0.2) is 41.1 Å². The van der Waals surface area contributed by atoms with Crippen LogP contribution in [0.3, 0.4) is 0 Å². The highest BCUT2D eigenvalue weighted by Crippen LogP contribution is 2.36. The third-order valence-corrected chi connectivity index (χ3v) is 5.10. The van der Waals surface area contributed by atoms with E-state index < -0.39 is 0 Å². The molecule has 4 nitrogen and oxygen atoms in total. The number of hydrogen-bond acceptors (Lipinski definition) is 3. The van der Waals surface area contributed by atoms with Gasteiger partial charge >= 0.3 is 0 Å². The molecular weight excluding hydrogens is 264 g/mol. The zero-order valence-corrected chi connectivity index (χ0v) is 12.7. The van der Waals surface area contributed by atoms with E-state index in [2.05, 4.69) is 10.2 Å². The molecule has 0 bridgehead atoms. The van der Waals surface area contributed by atoms with Gasteiger partial charge in [0.1, 0.15) is 5.75 Å². The first-order valence-corrected chi connectivity index (χ1v) is 7.95. The third-order valence-electron chi connectivity index (χ3n) is 5.10. The van der Waals surface area contributed by atoms with Gasteiger partial charge in [0.2, 0.25) is 0 Å². The summed E-state index contributed by atoms with van der Waals surface area (Å²) in [7, 11) is 0. The minimum atomic E-state index is -0.0223. The van der Waals surface area contributed by atoms with E-state index >= 15 is 0 Å². The van der Waals surface area contributed by atoms with Gasteiger partial charge in [-0.15, -0.1) is 0 Å². The monoisotopic (exact) mass is 288 g/mol. The molecular formula is C17H24N2O2. The van der Waals surface area contributed by atoms with Gasteiger partial charge in [0.25, 0.3) is 5.91 Å². The van der Waals surface area contributed by atoms with Gasteiger partial charge in [-0.3, -0.25) is 4.79 Å². The Morgan fingerprint density at radius 3 is 2.81 bits per heavy atom. The van der Waals surface area contributed by atoms with Gasteiger partial charge in [-0.05, 0) is 31.9 Å². The van der Waals surface area contributed by atoms with Crippen LogP contribution >= 0.6 is 0 Å². The molecule has 3 rings (SSSR count). The molecule has 1 aromatic carbocycles. The quantitative estimate of drug-likeness (QED) is 0.834. The Labute approximate surface area is 126 Å². The van der Waals surface area contributed by atoms with E-state index in [0.717, 1.165) is 32.5 Å². The van der Waals surface area contributed by atoms with Crippen molar-refractivity contribution in [2.75, 3.05) is 19.6 Å². The predicted molar refractivity (Wildman–Crippen MR) is 82.6 cm³/mol. The summed E-state index contributed by atoms with van der Waals surface area (Å²) in [6.45, 7) is 4.33. The minimum Gasteiger partial charge on any atom is -0.508 e. The first-order chi connectivity index (χ1) is 10.1. The average molecular weight is 288 g/mol. The summed E-state index contributed by atoms with van der Waals surface area (Å²) in [6, 6.07) is 5.22. The average Bonchev–Trinajstić information content (AvgIpc) is 2.51. The molecule has 1 aromatic rings. The summed E-state index contributed by atoms with van der Waals surface area (Å²) in [5.41, 5.74) is 1.31. The van der Waals surface area contributed by atoms with E-state index in [-0.39, 0.29) is 17.2 Å². The van der Waals surface area contributed by atoms with Crippen molar-refractivity contribution in [3.8, 4) is 5.75 Å². The number of rotatable bonds is 1. The highest BCUT2D eigenvalue weighted by Gasteiger charge is 2.42. The van der Waals surface area contributed by atoms with Crippen LogP contribution in [0.1, 0.15) is 48.0 Å². The molecule has 1 heterocycles. The highest BCUT2D eigenvalue weighted by atomic mass is 16.3. The Bertz CT molecular complexity index is 527. The first kappa shape index (κ1) is 14.4. The van der Waals surface area contributed by atoms with Crippen molar-refractivity contribution >= 4 is 5.91 Å². The van der Waals surface area contributed by atoms with Crippen LogP contribution in [0.5, 0.6) is 5.75 Å². The summed E-state index contributed by atoms with van der Waals surface area (Å²) in [5.74, 6) is 0.278. The zero-order valence-electron chi connectivity index (χ0n) is 12.7. The fourth-order valence-corrected chi connectivity index (χ4v) is 3.82. The lowest BCUT2D eigenvalue weighted by Gasteiger charge is -2.50. The van der Waals surface area contributed by atoms with Crippen molar-refractivity contribution in [2.45, 2.75) is 44.6 Å². The summed E-state index contributed by atoms with van der Waals surface area (Å²) < 4.78 is 0. The molecule has 0 aromatic heterocycles. The molecule has 1 aliphatic carbocycles. The van der Waals surface area contributed by atoms with Crippen LogP contribution in [0, 0.1) is 6.92 Å². The summed E-state index contributed by atoms with van der Waals surface area (Å²) >= 11 is 0. The van der Waals surface area contributed by atoms with Crippen molar-refractivity contribution < 1.29 is 9.90 Å². The topological polar surface area (TPSA) is 52.6 Å². The Morgan fingerprint density at radius 2 is 2.05 bits per heavy atom. The largest absolute Gasteiger partial charge is 0.508 e. The third kappa shape index (κ3) is 2.53. The number of nitrogens with one attached hydrogen (secondary N) is 1. The van der Waals surface area contributed by atoms with Gasteiger partial charge in [0.05, 0.1) is 5.54 Å². The van der Waals surface area contributed by atoms with Gasteiger partial charge in [-0.1, -0.05) is 25.3 Å². The number of phenolic OH excluding ortho intramolecular Hbond substituents is 1. The van der Waals surface area contributed by atoms with E-state index in [1.54, 1.807) is 12.1 Å². The second-order valence-corrected chi connectivity index (χ2v) is 6.37. The van der Waals surface area contributed by atoms with Crippen LogP contribution in [0.15, 0.2) is 18.2 Å². The molecule has 1 saturated heterocycles. The van der Waals surface area contributed by atoms with E-state index in [1.807, 2.05) is 13.0 Å². The minimum absolute atomic E-state index is 0.0223. The molecule has 4 heteroatoms. The molecule has 1 amide bonds. The van der Waals surface area contributed by atoms with Crippen molar-refractivity contribution in [1.29, 1.82) is 0 Å². The normalized spacial score (nSPS) is 21.5. The fraction of sp³-hybridized carbons (Fsp3) is 0.588. The number of amides is 1. The van der Waals surface area contributed by atoms with Gasteiger partial charge in [0, 0.05) is 30.8 Å². The lowest BCUT2D eigenvalue weighted by Crippen LogP contribution is -2.63. The van der Waals surface area contributed by atoms with Crippen LogP contribution in [0.25, 0.3) is 0 Å². The fourth-order valence-electron chi connectivity index (χ4n) is 3.82. The van der Waals surface area contributed by atoms with Crippen molar-refractivity contribution in [1.82, 2.24) is 10.2 Å². The number of carbonyl (C=O) groups excluding carboxylic acids is 1. The molecule has 1 aliphatic heterocycles. The second kappa shape index (κ2) is 5.68. The number of nitrogens with zero attached hydrogens (tertiary/aromatic N) is 1. The molecule has 1 spiro atoms. The van der Waals surface area contributed by atoms with Crippen LogP contribution in [0.4, 0.5) is 0 Å². The molecule has 0 atom stereocenters. The lowest BCUT2D eigenvalue weighted by atomic mass is 9.78. The molecule has 114 valence electrons. The van der Waals surface area contributed by atoms with Crippen LogP contribution < -0.4 is 5.32 Å². The molecule has 21 heavy (non-hydrogen) atoms. The molecule has 2 aliphatic rings. The van der Waals surface area contributed by atoms with Crippen molar-refractivity contribution in [2.24, 2.45) is 0 Å². The maximum atomic E-state index is 13.0. The zero-order chi connectivity index (χ0) is 14.9. The molecule has 2 N–H and O–H groups in total. The molecule has 1 saturated carbocycles. The Hall–Kier alpha value is -1.55. The van der Waals surface area contributed by atoms with Crippen LogP contribution in [0.2, 0.25) is 0 Å². The highest BCUT2D eigenvalue weighted by molar-refractivity contribution is 5.96. The first-order valence-electron chi connectivity index (χ1n) is 7.95. The number of carbonyl (C=O) groups is 1. The molecule has 0 unspecified atom stereocenters. The smallest absolute Gasteiger partial charge is 0.254 e. The number of piperazine rings is 1. The van der Waals surface area contributed by atoms with Crippen LogP contribution in [-0.2, 0) is 0 Å². The van der Waals surface area contributed by atoms with Crippen molar-refractivity contribution in [3.63, 3.8) is 0 Å². The van der Waals surface area contributed by atoms with Gasteiger partial charge in [0.15, 0.2) is 0 Å². The lowest BCUT2D eigenvalue weighted by molar-refractivity contribution is 0.0221. The SMILES string of the molecule is Cc1c(O)cccc1C(=O)N1CCNCC12CCCCC2. The predicted octanol–water partition coefficient (Wildman–Crippen LogP) is 2.45.